The molecule has 0 saturated carbocycles. The standard InChI is InChI=1S/C11H7N3O4/c1-17-7-3-2-6-4-8(10(15)13-14-12)11(16)18-9(6)5-7/h2-5H,1H3. The van der Waals surface area contributed by atoms with Crippen molar-refractivity contribution in [1.29, 1.82) is 0 Å². The predicted octanol–water partition coefficient (Wildman–Crippen LogP) is 2.25. The summed E-state index contributed by atoms with van der Waals surface area (Å²) in [6.45, 7) is 0. The molecule has 1 aromatic heterocycles. The summed E-state index contributed by atoms with van der Waals surface area (Å²) in [7, 11) is 1.48. The summed E-state index contributed by atoms with van der Waals surface area (Å²) in [4.78, 5) is 25.2. The topological polar surface area (TPSA) is 105 Å². The number of amides is 1. The van der Waals surface area contributed by atoms with Gasteiger partial charge in [0.1, 0.15) is 16.9 Å². The number of carbonyl (C=O) groups is 1. The van der Waals surface area contributed by atoms with E-state index in [4.69, 9.17) is 14.7 Å². The molecular weight excluding hydrogens is 238 g/mol. The first kappa shape index (κ1) is 11.7. The third-order valence-electron chi connectivity index (χ3n) is 2.31. The Hall–Kier alpha value is -2.79. The van der Waals surface area contributed by atoms with E-state index < -0.39 is 11.5 Å². The molecule has 1 aromatic carbocycles. The number of benzene rings is 1. The van der Waals surface area contributed by atoms with E-state index in [1.807, 2.05) is 0 Å². The van der Waals surface area contributed by atoms with Gasteiger partial charge in [-0.05, 0) is 28.8 Å². The smallest absolute Gasteiger partial charge is 0.347 e. The van der Waals surface area contributed by atoms with E-state index in [0.29, 0.717) is 11.1 Å². The Morgan fingerprint density at radius 2 is 2.22 bits per heavy atom. The fourth-order valence-electron chi connectivity index (χ4n) is 1.46. The summed E-state index contributed by atoms with van der Waals surface area (Å²) in [5.74, 6) is -0.441. The van der Waals surface area contributed by atoms with Gasteiger partial charge in [-0.2, -0.15) is 0 Å². The van der Waals surface area contributed by atoms with Crippen LogP contribution in [0.2, 0.25) is 0 Å². The van der Waals surface area contributed by atoms with Crippen molar-refractivity contribution in [3.63, 3.8) is 0 Å². The van der Waals surface area contributed by atoms with Crippen LogP contribution in [0.3, 0.4) is 0 Å². The molecule has 0 saturated heterocycles. The maximum atomic E-state index is 11.5. The van der Waals surface area contributed by atoms with Crippen molar-refractivity contribution in [2.24, 2.45) is 5.11 Å². The monoisotopic (exact) mass is 245 g/mol. The highest BCUT2D eigenvalue weighted by atomic mass is 16.5. The van der Waals surface area contributed by atoms with E-state index in [1.54, 1.807) is 12.1 Å². The minimum atomic E-state index is -0.969. The number of fused-ring (bicyclic) bond motifs is 1. The van der Waals surface area contributed by atoms with Gasteiger partial charge in [0, 0.05) is 16.4 Å². The molecule has 0 aliphatic carbocycles. The van der Waals surface area contributed by atoms with Crippen molar-refractivity contribution in [3.8, 4) is 5.75 Å². The van der Waals surface area contributed by atoms with E-state index in [-0.39, 0.29) is 11.1 Å². The number of hydrogen-bond donors (Lipinski definition) is 0. The summed E-state index contributed by atoms with van der Waals surface area (Å²) >= 11 is 0. The van der Waals surface area contributed by atoms with E-state index in [1.165, 1.54) is 19.2 Å². The first-order valence-corrected chi connectivity index (χ1v) is 4.87. The lowest BCUT2D eigenvalue weighted by atomic mass is 10.2. The third kappa shape index (κ3) is 2.02. The van der Waals surface area contributed by atoms with Crippen LogP contribution in [0.5, 0.6) is 5.75 Å². The summed E-state index contributed by atoms with van der Waals surface area (Å²) in [6.07, 6.45) is 0. The second-order valence-corrected chi connectivity index (χ2v) is 3.35. The Morgan fingerprint density at radius 3 is 2.89 bits per heavy atom. The van der Waals surface area contributed by atoms with Crippen LogP contribution < -0.4 is 10.4 Å². The van der Waals surface area contributed by atoms with Crippen LogP contribution >= 0.6 is 0 Å². The van der Waals surface area contributed by atoms with Gasteiger partial charge in [-0.25, -0.2) is 4.79 Å². The normalized spacial score (nSPS) is 9.83. The van der Waals surface area contributed by atoms with Crippen LogP contribution in [0.1, 0.15) is 10.4 Å². The molecule has 0 bridgehead atoms. The van der Waals surface area contributed by atoms with Gasteiger partial charge in [0.15, 0.2) is 0 Å². The minimum Gasteiger partial charge on any atom is -0.497 e. The van der Waals surface area contributed by atoms with Crippen LogP contribution in [0, 0.1) is 0 Å². The first-order chi connectivity index (χ1) is 8.65. The molecule has 2 rings (SSSR count). The molecule has 0 unspecified atom stereocenters. The van der Waals surface area contributed by atoms with Gasteiger partial charge in [0.2, 0.25) is 0 Å². The summed E-state index contributed by atoms with van der Waals surface area (Å²) < 4.78 is 9.95. The van der Waals surface area contributed by atoms with Crippen LogP contribution in [0.4, 0.5) is 0 Å². The van der Waals surface area contributed by atoms with Crippen LogP contribution in [-0.2, 0) is 0 Å². The largest absolute Gasteiger partial charge is 0.497 e. The maximum Gasteiger partial charge on any atom is 0.347 e. The molecule has 0 aliphatic rings. The molecular formula is C11H7N3O4. The van der Waals surface area contributed by atoms with Crippen LogP contribution in [0.15, 0.2) is 38.6 Å². The van der Waals surface area contributed by atoms with E-state index >= 15 is 0 Å². The number of hydrogen-bond acceptors (Lipinski definition) is 4. The molecule has 1 amide bonds. The number of azide groups is 1. The van der Waals surface area contributed by atoms with Crippen molar-refractivity contribution in [2.75, 3.05) is 7.11 Å². The first-order valence-electron chi connectivity index (χ1n) is 4.87. The Morgan fingerprint density at radius 1 is 1.44 bits per heavy atom. The second-order valence-electron chi connectivity index (χ2n) is 3.35. The number of carbonyl (C=O) groups excluding carboxylic acids is 1. The zero-order valence-corrected chi connectivity index (χ0v) is 9.28. The quantitative estimate of drug-likeness (QED) is 0.350. The van der Waals surface area contributed by atoms with Gasteiger partial charge in [0.25, 0.3) is 5.91 Å². The summed E-state index contributed by atoms with van der Waals surface area (Å²) in [5.41, 5.74) is 7.29. The van der Waals surface area contributed by atoms with Gasteiger partial charge in [-0.1, -0.05) is 0 Å². The molecule has 7 nitrogen and oxygen atoms in total. The van der Waals surface area contributed by atoms with Gasteiger partial charge >= 0.3 is 5.63 Å². The van der Waals surface area contributed by atoms with Crippen LogP contribution in [-0.4, -0.2) is 13.0 Å². The zero-order valence-electron chi connectivity index (χ0n) is 9.28. The Kier molecular flexibility index (Phi) is 2.99. The Bertz CT molecular complexity index is 729. The fourth-order valence-corrected chi connectivity index (χ4v) is 1.46. The molecule has 7 heteroatoms. The van der Waals surface area contributed by atoms with Crippen molar-refractivity contribution < 1.29 is 13.9 Å². The molecule has 90 valence electrons. The SMILES string of the molecule is COc1ccc2cc(C(=O)N=[N+]=[N-])c(=O)oc2c1. The van der Waals surface area contributed by atoms with Gasteiger partial charge in [0.05, 0.1) is 7.11 Å². The lowest BCUT2D eigenvalue weighted by Crippen LogP contribution is -2.11. The number of rotatable bonds is 2. The molecule has 0 N–H and O–H groups in total. The highest BCUT2D eigenvalue weighted by Gasteiger charge is 2.12. The number of methoxy groups -OCH3 is 1. The molecule has 0 aliphatic heterocycles. The van der Waals surface area contributed by atoms with Crippen LogP contribution in [0.25, 0.3) is 21.4 Å². The van der Waals surface area contributed by atoms with Crippen molar-refractivity contribution in [1.82, 2.24) is 0 Å². The Labute approximate surface area is 100 Å². The lowest BCUT2D eigenvalue weighted by Gasteiger charge is -2.02. The average Bonchev–Trinajstić information content (AvgIpc) is 2.37. The van der Waals surface area contributed by atoms with Crippen molar-refractivity contribution >= 4 is 16.9 Å². The van der Waals surface area contributed by atoms with E-state index in [0.717, 1.165) is 0 Å². The third-order valence-corrected chi connectivity index (χ3v) is 2.31. The molecule has 1 heterocycles. The molecule has 0 atom stereocenters. The number of nitrogens with zero attached hydrogens (tertiary/aromatic N) is 3. The fraction of sp³-hybridized carbons (Fsp3) is 0.0909. The van der Waals surface area contributed by atoms with E-state index in [2.05, 4.69) is 10.0 Å². The molecule has 0 radical (unpaired) electrons. The number of ether oxygens (including phenoxy) is 1. The van der Waals surface area contributed by atoms with Gasteiger partial charge < -0.3 is 9.15 Å². The minimum absolute atomic E-state index is 0.289. The molecule has 0 fully saturated rings. The lowest BCUT2D eigenvalue weighted by molar-refractivity contribution is 0.0997. The molecule has 2 aromatic rings. The van der Waals surface area contributed by atoms with E-state index in [9.17, 15) is 9.59 Å². The molecule has 18 heavy (non-hydrogen) atoms. The second kappa shape index (κ2) is 4.60. The van der Waals surface area contributed by atoms with Crippen molar-refractivity contribution in [3.05, 3.63) is 50.7 Å². The average molecular weight is 245 g/mol. The maximum absolute atomic E-state index is 11.5. The predicted molar refractivity (Wildman–Crippen MR) is 62.5 cm³/mol. The summed E-state index contributed by atoms with van der Waals surface area (Å²) in [5, 5.41) is 3.39. The Balaban J connectivity index is 2.66. The van der Waals surface area contributed by atoms with Gasteiger partial charge in [-0.15, -0.1) is 0 Å². The summed E-state index contributed by atoms with van der Waals surface area (Å²) in [6, 6.07) is 6.13. The molecule has 0 spiro atoms. The van der Waals surface area contributed by atoms with Gasteiger partial charge in [-0.3, -0.25) is 4.79 Å². The highest BCUT2D eigenvalue weighted by molar-refractivity contribution is 5.97. The zero-order chi connectivity index (χ0) is 13.1. The van der Waals surface area contributed by atoms with Crippen molar-refractivity contribution in [2.45, 2.75) is 0 Å². The highest BCUT2D eigenvalue weighted by Crippen LogP contribution is 2.20.